The zero-order chi connectivity index (χ0) is 20.5. The number of hydrogen-bond donors (Lipinski definition) is 2. The first kappa shape index (κ1) is 21.5. The van der Waals surface area contributed by atoms with E-state index < -0.39 is 11.9 Å². The number of carboxylic acid groups (broad SMARTS) is 2. The SMILES string of the molecule is CN(C)CCC(Oc1cccc2c1OCCO2)c1cccs1.O=C(O)C(=O)O. The third kappa shape index (κ3) is 6.43. The Hall–Kier alpha value is -2.78. The number of carboxylic acids is 2. The highest BCUT2D eigenvalue weighted by Gasteiger charge is 2.21. The predicted octanol–water partition coefficient (Wildman–Crippen LogP) is 2.75. The molecule has 0 amide bonds. The second-order valence-corrected chi connectivity index (χ2v) is 7.08. The minimum absolute atomic E-state index is 0.0272. The van der Waals surface area contributed by atoms with E-state index in [9.17, 15) is 0 Å². The number of aliphatic carboxylic acids is 2. The Morgan fingerprint density at radius 1 is 1.14 bits per heavy atom. The fourth-order valence-corrected chi connectivity index (χ4v) is 3.19. The molecular formula is C19H23NO7S. The summed E-state index contributed by atoms with van der Waals surface area (Å²) in [6.07, 6.45) is 0.956. The Morgan fingerprint density at radius 2 is 1.86 bits per heavy atom. The molecular weight excluding hydrogens is 386 g/mol. The summed E-state index contributed by atoms with van der Waals surface area (Å²) in [5.41, 5.74) is 0. The molecule has 2 N–H and O–H groups in total. The summed E-state index contributed by atoms with van der Waals surface area (Å²) in [6, 6.07) is 10.00. The van der Waals surface area contributed by atoms with Gasteiger partial charge in [0, 0.05) is 17.8 Å². The lowest BCUT2D eigenvalue weighted by atomic mass is 10.2. The van der Waals surface area contributed by atoms with E-state index in [0.29, 0.717) is 13.2 Å². The van der Waals surface area contributed by atoms with Crippen LogP contribution in [0.5, 0.6) is 17.2 Å². The minimum atomic E-state index is -1.82. The normalized spacial score (nSPS) is 13.2. The first-order valence-electron chi connectivity index (χ1n) is 8.58. The lowest BCUT2D eigenvalue weighted by Gasteiger charge is -2.24. The second-order valence-electron chi connectivity index (χ2n) is 6.10. The molecule has 8 nitrogen and oxygen atoms in total. The monoisotopic (exact) mass is 409 g/mol. The van der Waals surface area contributed by atoms with Gasteiger partial charge in [-0.15, -0.1) is 11.3 Å². The lowest BCUT2D eigenvalue weighted by Crippen LogP contribution is -2.19. The molecule has 3 rings (SSSR count). The van der Waals surface area contributed by atoms with Crippen LogP contribution in [0.25, 0.3) is 0 Å². The van der Waals surface area contributed by atoms with Crippen molar-refractivity contribution in [3.8, 4) is 17.2 Å². The van der Waals surface area contributed by atoms with Crippen molar-refractivity contribution in [2.45, 2.75) is 12.5 Å². The molecule has 0 saturated carbocycles. The predicted molar refractivity (Wildman–Crippen MR) is 104 cm³/mol. The molecule has 0 fully saturated rings. The van der Waals surface area contributed by atoms with Gasteiger partial charge in [0.1, 0.15) is 19.3 Å². The molecule has 1 aliphatic heterocycles. The van der Waals surface area contributed by atoms with Crippen LogP contribution in [0.2, 0.25) is 0 Å². The van der Waals surface area contributed by atoms with Crippen molar-refractivity contribution in [2.75, 3.05) is 33.9 Å². The number of benzene rings is 1. The van der Waals surface area contributed by atoms with Crippen molar-refractivity contribution in [3.63, 3.8) is 0 Å². The topological polar surface area (TPSA) is 106 Å². The number of nitrogens with zero attached hydrogens (tertiary/aromatic N) is 1. The maximum absolute atomic E-state index is 9.10. The van der Waals surface area contributed by atoms with Crippen molar-refractivity contribution in [2.24, 2.45) is 0 Å². The highest BCUT2D eigenvalue weighted by atomic mass is 32.1. The van der Waals surface area contributed by atoms with Gasteiger partial charge in [0.05, 0.1) is 0 Å². The van der Waals surface area contributed by atoms with Crippen molar-refractivity contribution >= 4 is 23.3 Å². The van der Waals surface area contributed by atoms with Gasteiger partial charge < -0.3 is 29.3 Å². The van der Waals surface area contributed by atoms with Crippen LogP contribution in [-0.4, -0.2) is 60.9 Å². The van der Waals surface area contributed by atoms with Crippen LogP contribution < -0.4 is 14.2 Å². The maximum atomic E-state index is 9.10. The van der Waals surface area contributed by atoms with Crippen LogP contribution in [0.3, 0.4) is 0 Å². The molecule has 1 aliphatic rings. The zero-order valence-corrected chi connectivity index (χ0v) is 16.5. The van der Waals surface area contributed by atoms with E-state index in [4.69, 9.17) is 34.0 Å². The summed E-state index contributed by atoms with van der Waals surface area (Å²) in [5, 5.41) is 16.9. The smallest absolute Gasteiger partial charge is 0.414 e. The summed E-state index contributed by atoms with van der Waals surface area (Å²) < 4.78 is 17.7. The van der Waals surface area contributed by atoms with Gasteiger partial charge in [-0.05, 0) is 37.7 Å². The van der Waals surface area contributed by atoms with Gasteiger partial charge in [-0.3, -0.25) is 0 Å². The first-order chi connectivity index (χ1) is 13.4. The Balaban J connectivity index is 0.000000409. The molecule has 0 spiro atoms. The summed E-state index contributed by atoms with van der Waals surface area (Å²) in [4.78, 5) is 21.6. The van der Waals surface area contributed by atoms with E-state index in [2.05, 4.69) is 36.5 Å². The maximum Gasteiger partial charge on any atom is 0.414 e. The first-order valence-corrected chi connectivity index (χ1v) is 9.46. The molecule has 1 aromatic heterocycles. The molecule has 0 radical (unpaired) electrons. The molecule has 1 atom stereocenters. The molecule has 0 bridgehead atoms. The number of ether oxygens (including phenoxy) is 3. The molecule has 1 unspecified atom stereocenters. The molecule has 28 heavy (non-hydrogen) atoms. The van der Waals surface area contributed by atoms with Crippen LogP contribution >= 0.6 is 11.3 Å². The van der Waals surface area contributed by atoms with E-state index >= 15 is 0 Å². The van der Waals surface area contributed by atoms with E-state index in [1.807, 2.05) is 18.2 Å². The number of para-hydroxylation sites is 1. The average Bonchev–Trinajstić information content (AvgIpc) is 3.20. The molecule has 1 aromatic carbocycles. The second kappa shape index (κ2) is 10.5. The number of thiophene rings is 1. The Bertz CT molecular complexity index is 765. The van der Waals surface area contributed by atoms with E-state index in [0.717, 1.165) is 30.2 Å². The van der Waals surface area contributed by atoms with Crippen LogP contribution in [0.1, 0.15) is 17.4 Å². The van der Waals surface area contributed by atoms with Gasteiger partial charge in [-0.1, -0.05) is 12.1 Å². The van der Waals surface area contributed by atoms with Crippen LogP contribution in [0.15, 0.2) is 35.7 Å². The molecule has 0 aliphatic carbocycles. The largest absolute Gasteiger partial charge is 0.486 e. The number of hydrogen-bond acceptors (Lipinski definition) is 7. The fraction of sp³-hybridized carbons (Fsp3) is 0.368. The highest BCUT2D eigenvalue weighted by Crippen LogP contribution is 2.41. The third-order valence-corrected chi connectivity index (χ3v) is 4.65. The quantitative estimate of drug-likeness (QED) is 0.702. The molecule has 9 heteroatoms. The molecule has 2 heterocycles. The molecule has 0 saturated heterocycles. The Morgan fingerprint density at radius 3 is 2.46 bits per heavy atom. The van der Waals surface area contributed by atoms with E-state index in [1.54, 1.807) is 11.3 Å². The summed E-state index contributed by atoms with van der Waals surface area (Å²) in [6.45, 7) is 2.12. The van der Waals surface area contributed by atoms with Crippen LogP contribution in [-0.2, 0) is 9.59 Å². The number of rotatable bonds is 6. The van der Waals surface area contributed by atoms with Crippen molar-refractivity contribution in [1.82, 2.24) is 4.90 Å². The fourth-order valence-electron chi connectivity index (χ4n) is 2.40. The van der Waals surface area contributed by atoms with Gasteiger partial charge >= 0.3 is 11.9 Å². The summed E-state index contributed by atoms with van der Waals surface area (Å²) in [7, 11) is 4.15. The Kier molecular flexibility index (Phi) is 8.09. The lowest BCUT2D eigenvalue weighted by molar-refractivity contribution is -0.159. The van der Waals surface area contributed by atoms with Crippen molar-refractivity contribution in [3.05, 3.63) is 40.6 Å². The summed E-state index contributed by atoms with van der Waals surface area (Å²) in [5.74, 6) is -1.40. The van der Waals surface area contributed by atoms with Crippen molar-refractivity contribution < 1.29 is 34.0 Å². The van der Waals surface area contributed by atoms with E-state index in [-0.39, 0.29) is 6.10 Å². The molecule has 152 valence electrons. The number of fused-ring (bicyclic) bond motifs is 1. The van der Waals surface area contributed by atoms with Crippen LogP contribution in [0, 0.1) is 0 Å². The summed E-state index contributed by atoms with van der Waals surface area (Å²) >= 11 is 1.72. The van der Waals surface area contributed by atoms with Gasteiger partial charge in [0.25, 0.3) is 0 Å². The molecule has 2 aromatic rings. The standard InChI is InChI=1S/C17H21NO3S.C2H2O4/c1-18(2)9-8-13(16-7-4-12-22-16)21-15-6-3-5-14-17(15)20-11-10-19-14;3-1(4)2(5)6/h3-7,12-13H,8-11H2,1-2H3;(H,3,4)(H,5,6). The van der Waals surface area contributed by atoms with Gasteiger partial charge in [-0.25, -0.2) is 9.59 Å². The third-order valence-electron chi connectivity index (χ3n) is 3.68. The van der Waals surface area contributed by atoms with E-state index in [1.165, 1.54) is 4.88 Å². The van der Waals surface area contributed by atoms with Gasteiger partial charge in [-0.2, -0.15) is 0 Å². The average molecular weight is 409 g/mol. The van der Waals surface area contributed by atoms with Gasteiger partial charge in [0.15, 0.2) is 11.5 Å². The number of carbonyl (C=O) groups is 2. The van der Waals surface area contributed by atoms with Crippen LogP contribution in [0.4, 0.5) is 0 Å². The minimum Gasteiger partial charge on any atom is -0.486 e. The van der Waals surface area contributed by atoms with Crippen molar-refractivity contribution in [1.29, 1.82) is 0 Å². The Labute approximate surface area is 166 Å². The zero-order valence-electron chi connectivity index (χ0n) is 15.7. The van der Waals surface area contributed by atoms with Gasteiger partial charge in [0.2, 0.25) is 5.75 Å². The highest BCUT2D eigenvalue weighted by molar-refractivity contribution is 7.10.